The van der Waals surface area contributed by atoms with E-state index in [1.54, 1.807) is 31.3 Å². The highest BCUT2D eigenvalue weighted by atomic mass is 16.5. The Balaban J connectivity index is 1.39. The average Bonchev–Trinajstić information content (AvgIpc) is 3.63. The molecule has 0 unspecified atom stereocenters. The number of carbonyl (C=O) groups excluding carboxylic acids is 2. The van der Waals surface area contributed by atoms with E-state index >= 15 is 0 Å². The van der Waals surface area contributed by atoms with Gasteiger partial charge < -0.3 is 28.6 Å². The van der Waals surface area contributed by atoms with Gasteiger partial charge in [0.15, 0.2) is 5.76 Å². The van der Waals surface area contributed by atoms with Crippen LogP contribution < -0.4 is 14.4 Å². The minimum atomic E-state index is -0.398. The molecular formula is C29H33N3O5. The summed E-state index contributed by atoms with van der Waals surface area (Å²) in [6, 6.07) is 17.3. The molecule has 2 aliphatic heterocycles. The first-order valence-electron chi connectivity index (χ1n) is 12.6. The molecule has 0 saturated carbocycles. The second-order valence-corrected chi connectivity index (χ2v) is 9.61. The molecule has 37 heavy (non-hydrogen) atoms. The predicted molar refractivity (Wildman–Crippen MR) is 140 cm³/mol. The van der Waals surface area contributed by atoms with Gasteiger partial charge in [-0.05, 0) is 48.9 Å². The van der Waals surface area contributed by atoms with Gasteiger partial charge in [-0.15, -0.1) is 0 Å². The van der Waals surface area contributed by atoms with Crippen LogP contribution in [-0.4, -0.2) is 75.1 Å². The summed E-state index contributed by atoms with van der Waals surface area (Å²) >= 11 is 0. The largest absolute Gasteiger partial charge is 0.497 e. The average molecular weight is 504 g/mol. The van der Waals surface area contributed by atoms with Crippen LogP contribution in [-0.2, 0) is 4.79 Å². The molecule has 8 heteroatoms. The molecule has 2 aromatic carbocycles. The number of likely N-dealkylation sites (tertiary alicyclic amines) is 1. The Kier molecular flexibility index (Phi) is 7.08. The predicted octanol–water partition coefficient (Wildman–Crippen LogP) is 3.81. The fourth-order valence-corrected chi connectivity index (χ4v) is 5.54. The molecule has 0 bridgehead atoms. The van der Waals surface area contributed by atoms with E-state index in [4.69, 9.17) is 13.9 Å². The first-order valence-corrected chi connectivity index (χ1v) is 12.6. The summed E-state index contributed by atoms with van der Waals surface area (Å²) in [5.41, 5.74) is 3.31. The Bertz CT molecular complexity index is 1250. The molecule has 0 N–H and O–H groups in total. The topological polar surface area (TPSA) is 75.5 Å². The van der Waals surface area contributed by atoms with Crippen molar-refractivity contribution in [3.05, 3.63) is 77.7 Å². The van der Waals surface area contributed by atoms with Crippen molar-refractivity contribution >= 4 is 17.5 Å². The highest BCUT2D eigenvalue weighted by Crippen LogP contribution is 2.41. The number of amides is 2. The maximum Gasteiger partial charge on any atom is 0.289 e. The van der Waals surface area contributed by atoms with Gasteiger partial charge in [0, 0.05) is 56.4 Å². The molecule has 2 atom stereocenters. The molecule has 2 fully saturated rings. The second-order valence-electron chi connectivity index (χ2n) is 9.61. The molecule has 8 nitrogen and oxygen atoms in total. The molecular weight excluding hydrogens is 470 g/mol. The lowest BCUT2D eigenvalue weighted by atomic mass is 9.87. The standard InChI is InChI=1S/C29H33N3O5/c1-20-7-4-5-8-25(20)30-12-14-31(15-13-30)28(33)24-19-32(29(34)27-9-6-16-37-27)18-23(24)22-17-21(35-2)10-11-26(22)36-3/h4-11,16-17,23-24H,12-15,18-19H2,1-3H3/t23-,24-/m0/s1. The number of piperazine rings is 1. The van der Waals surface area contributed by atoms with E-state index < -0.39 is 5.92 Å². The van der Waals surface area contributed by atoms with Crippen LogP contribution in [0.1, 0.15) is 27.6 Å². The van der Waals surface area contributed by atoms with Gasteiger partial charge in [-0.3, -0.25) is 9.59 Å². The number of hydrogen-bond donors (Lipinski definition) is 0. The van der Waals surface area contributed by atoms with E-state index in [1.807, 2.05) is 29.2 Å². The Morgan fingerprint density at radius 2 is 1.68 bits per heavy atom. The Hall–Kier alpha value is -3.94. The van der Waals surface area contributed by atoms with E-state index in [-0.39, 0.29) is 23.5 Å². The van der Waals surface area contributed by atoms with Crippen LogP contribution in [0.5, 0.6) is 11.5 Å². The SMILES string of the molecule is COc1ccc(OC)c([C@@H]2CN(C(=O)c3ccco3)C[C@@H]2C(=O)N2CCN(c3ccccc3C)CC2)c1. The van der Waals surface area contributed by atoms with Crippen LogP contribution in [0.4, 0.5) is 5.69 Å². The first kappa shape index (κ1) is 24.7. The number of rotatable bonds is 6. The minimum Gasteiger partial charge on any atom is -0.497 e. The number of para-hydroxylation sites is 1. The molecule has 0 spiro atoms. The number of benzene rings is 2. The first-order chi connectivity index (χ1) is 18.0. The van der Waals surface area contributed by atoms with Crippen molar-refractivity contribution in [2.45, 2.75) is 12.8 Å². The number of carbonyl (C=O) groups is 2. The molecule has 3 heterocycles. The number of ether oxygens (including phenoxy) is 2. The van der Waals surface area contributed by atoms with Crippen molar-refractivity contribution in [2.75, 3.05) is 58.4 Å². The van der Waals surface area contributed by atoms with Crippen LogP contribution in [0.25, 0.3) is 0 Å². The number of nitrogens with zero attached hydrogens (tertiary/aromatic N) is 3. The van der Waals surface area contributed by atoms with Crippen molar-refractivity contribution in [1.29, 1.82) is 0 Å². The normalized spacial score (nSPS) is 19.7. The van der Waals surface area contributed by atoms with Gasteiger partial charge in [0.1, 0.15) is 11.5 Å². The molecule has 5 rings (SSSR count). The molecule has 1 aromatic heterocycles. The molecule has 2 aliphatic rings. The van der Waals surface area contributed by atoms with Gasteiger partial charge in [0.25, 0.3) is 5.91 Å². The molecule has 2 amide bonds. The highest BCUT2D eigenvalue weighted by Gasteiger charge is 2.44. The molecule has 2 saturated heterocycles. The van der Waals surface area contributed by atoms with Gasteiger partial charge in [-0.1, -0.05) is 18.2 Å². The smallest absolute Gasteiger partial charge is 0.289 e. The van der Waals surface area contributed by atoms with Crippen molar-refractivity contribution in [3.63, 3.8) is 0 Å². The van der Waals surface area contributed by atoms with Gasteiger partial charge in [0.2, 0.25) is 5.91 Å². The van der Waals surface area contributed by atoms with E-state index in [9.17, 15) is 9.59 Å². The van der Waals surface area contributed by atoms with Crippen molar-refractivity contribution < 1.29 is 23.5 Å². The van der Waals surface area contributed by atoms with Crippen LogP contribution in [0.3, 0.4) is 0 Å². The maximum atomic E-state index is 14.0. The number of aryl methyl sites for hydroxylation is 1. The van der Waals surface area contributed by atoms with Gasteiger partial charge >= 0.3 is 0 Å². The summed E-state index contributed by atoms with van der Waals surface area (Å²) in [6.45, 7) is 5.64. The van der Waals surface area contributed by atoms with Crippen LogP contribution in [0.2, 0.25) is 0 Å². The molecule has 0 radical (unpaired) electrons. The van der Waals surface area contributed by atoms with E-state index in [0.29, 0.717) is 37.7 Å². The summed E-state index contributed by atoms with van der Waals surface area (Å²) in [4.78, 5) is 33.2. The summed E-state index contributed by atoms with van der Waals surface area (Å²) < 4.78 is 16.5. The number of methoxy groups -OCH3 is 2. The summed E-state index contributed by atoms with van der Waals surface area (Å²) in [6.07, 6.45) is 1.49. The second kappa shape index (κ2) is 10.6. The number of furan rings is 1. The van der Waals surface area contributed by atoms with Crippen molar-refractivity contribution in [1.82, 2.24) is 9.80 Å². The molecule has 0 aliphatic carbocycles. The van der Waals surface area contributed by atoms with Gasteiger partial charge in [0.05, 0.1) is 26.4 Å². The molecule has 194 valence electrons. The van der Waals surface area contributed by atoms with Gasteiger partial charge in [-0.25, -0.2) is 0 Å². The third kappa shape index (κ3) is 4.88. The van der Waals surface area contributed by atoms with Gasteiger partial charge in [-0.2, -0.15) is 0 Å². The third-order valence-corrected chi connectivity index (χ3v) is 7.54. The third-order valence-electron chi connectivity index (χ3n) is 7.54. The monoisotopic (exact) mass is 503 g/mol. The fraction of sp³-hybridized carbons (Fsp3) is 0.379. The Labute approximate surface area is 217 Å². The lowest BCUT2D eigenvalue weighted by Crippen LogP contribution is -2.51. The van der Waals surface area contributed by atoms with Crippen LogP contribution in [0.15, 0.2) is 65.3 Å². The van der Waals surface area contributed by atoms with E-state index in [1.165, 1.54) is 17.5 Å². The summed E-state index contributed by atoms with van der Waals surface area (Å²) in [5, 5.41) is 0. The summed E-state index contributed by atoms with van der Waals surface area (Å²) in [5.74, 6) is 0.864. The fourth-order valence-electron chi connectivity index (χ4n) is 5.54. The highest BCUT2D eigenvalue weighted by molar-refractivity contribution is 5.93. The van der Waals surface area contributed by atoms with Crippen molar-refractivity contribution in [2.24, 2.45) is 5.92 Å². The van der Waals surface area contributed by atoms with E-state index in [0.717, 1.165) is 18.7 Å². The lowest BCUT2D eigenvalue weighted by molar-refractivity contribution is -0.135. The zero-order valence-corrected chi connectivity index (χ0v) is 21.6. The molecule has 3 aromatic rings. The number of anilines is 1. The summed E-state index contributed by atoms with van der Waals surface area (Å²) in [7, 11) is 3.23. The van der Waals surface area contributed by atoms with Crippen LogP contribution in [0, 0.1) is 12.8 Å². The Morgan fingerprint density at radius 1 is 0.892 bits per heavy atom. The number of hydrogen-bond acceptors (Lipinski definition) is 6. The minimum absolute atomic E-state index is 0.0639. The quantitative estimate of drug-likeness (QED) is 0.509. The lowest BCUT2D eigenvalue weighted by Gasteiger charge is -2.38. The van der Waals surface area contributed by atoms with E-state index in [2.05, 4.69) is 30.0 Å². The maximum absolute atomic E-state index is 14.0. The van der Waals surface area contributed by atoms with Crippen molar-refractivity contribution in [3.8, 4) is 11.5 Å². The zero-order chi connectivity index (χ0) is 25.9. The Morgan fingerprint density at radius 3 is 2.35 bits per heavy atom. The zero-order valence-electron chi connectivity index (χ0n) is 21.6. The van der Waals surface area contributed by atoms with Crippen LogP contribution >= 0.6 is 0 Å².